The Hall–Kier alpha value is -0.913. The number of carbonyl (C=O) groups is 1. The fourth-order valence-electron chi connectivity index (χ4n) is 1.47. The summed E-state index contributed by atoms with van der Waals surface area (Å²) in [6, 6.07) is 0. The molecule has 1 aliphatic rings. The van der Waals surface area contributed by atoms with Gasteiger partial charge in [-0.1, -0.05) is 18.2 Å². The fraction of sp³-hybridized carbons (Fsp3) is 0.545. The van der Waals surface area contributed by atoms with Crippen LogP contribution in [0.4, 0.5) is 0 Å². The number of carbonyl (C=O) groups excluding carboxylic acids is 1. The van der Waals surface area contributed by atoms with Gasteiger partial charge in [-0.05, 0) is 25.7 Å². The van der Waals surface area contributed by atoms with Crippen molar-refractivity contribution in [2.75, 3.05) is 7.11 Å². The van der Waals surface area contributed by atoms with Crippen LogP contribution in [-0.4, -0.2) is 38.2 Å². The van der Waals surface area contributed by atoms with Crippen molar-refractivity contribution in [1.29, 1.82) is 0 Å². The summed E-state index contributed by atoms with van der Waals surface area (Å²) >= 11 is 0. The lowest BCUT2D eigenvalue weighted by molar-refractivity contribution is -0.163. The van der Waals surface area contributed by atoms with Gasteiger partial charge < -0.3 is 14.3 Å². The zero-order valence-corrected chi connectivity index (χ0v) is 11.1. The Kier molecular flexibility index (Phi) is 3.72. The minimum absolute atomic E-state index is 0.670. The van der Waals surface area contributed by atoms with Crippen LogP contribution < -0.4 is 0 Å². The number of aliphatic hydroxyl groups is 1. The van der Waals surface area contributed by atoms with Crippen molar-refractivity contribution in [3.05, 3.63) is 24.3 Å². The molecule has 90 valence electrons. The Balaban J connectivity index is 2.93. The monoisotopic (exact) mass is 242 g/mol. The zero-order valence-electron chi connectivity index (χ0n) is 10.1. The molecule has 4 nitrogen and oxygen atoms in total. The molecule has 0 aromatic heterocycles. The lowest BCUT2D eigenvalue weighted by Gasteiger charge is -2.34. The van der Waals surface area contributed by atoms with E-state index in [1.165, 1.54) is 13.2 Å². The van der Waals surface area contributed by atoms with Crippen molar-refractivity contribution in [2.45, 2.75) is 31.3 Å². The Morgan fingerprint density at radius 3 is 2.50 bits per heavy atom. The van der Waals surface area contributed by atoms with Crippen LogP contribution in [0.25, 0.3) is 0 Å². The molecule has 0 aliphatic heterocycles. The number of hydrogen-bond donors (Lipinski definition) is 1. The highest BCUT2D eigenvalue weighted by Gasteiger charge is 2.45. The molecule has 0 fully saturated rings. The smallest absolute Gasteiger partial charge is 0.345 e. The van der Waals surface area contributed by atoms with Crippen LogP contribution >= 0.6 is 0 Å². The van der Waals surface area contributed by atoms with Gasteiger partial charge in [-0.15, -0.1) is 0 Å². The van der Waals surface area contributed by atoms with Gasteiger partial charge in [0.05, 0.1) is 7.11 Å². The number of methoxy groups -OCH3 is 1. The van der Waals surface area contributed by atoms with E-state index in [0.717, 1.165) is 0 Å². The summed E-state index contributed by atoms with van der Waals surface area (Å²) in [6.07, 6.45) is 5.78. The van der Waals surface area contributed by atoms with Crippen molar-refractivity contribution in [3.63, 3.8) is 0 Å². The molecule has 1 rings (SSSR count). The standard InChI is InChI=1S/C11H18O4Si/c1-14-10(12)11(13)8-6-5-7-9(11)15-16(2,3)4/h5-9,13H,1-4H3/t9-,11+/m1/s1. The predicted octanol–water partition coefficient (Wildman–Crippen LogP) is 1.24. The molecule has 0 saturated heterocycles. The first kappa shape index (κ1) is 13.2. The van der Waals surface area contributed by atoms with Crippen LogP contribution in [0.15, 0.2) is 24.3 Å². The Labute approximate surface area is 96.7 Å². The van der Waals surface area contributed by atoms with Crippen LogP contribution in [0.5, 0.6) is 0 Å². The molecule has 0 spiro atoms. The van der Waals surface area contributed by atoms with Crippen LogP contribution in [0.2, 0.25) is 19.6 Å². The normalized spacial score (nSPS) is 29.2. The third-order valence-electron chi connectivity index (χ3n) is 2.17. The summed E-state index contributed by atoms with van der Waals surface area (Å²) in [4.78, 5) is 11.6. The molecule has 0 aromatic carbocycles. The number of hydrogen-bond acceptors (Lipinski definition) is 4. The second-order valence-corrected chi connectivity index (χ2v) is 9.17. The highest BCUT2D eigenvalue weighted by atomic mass is 28.4. The second-order valence-electron chi connectivity index (χ2n) is 4.71. The van der Waals surface area contributed by atoms with Crippen molar-refractivity contribution in [1.82, 2.24) is 0 Å². The quantitative estimate of drug-likeness (QED) is 0.597. The largest absolute Gasteiger partial charge is 0.467 e. The van der Waals surface area contributed by atoms with Gasteiger partial charge in [0, 0.05) is 0 Å². The molecule has 16 heavy (non-hydrogen) atoms. The van der Waals surface area contributed by atoms with E-state index < -0.39 is 26.0 Å². The predicted molar refractivity (Wildman–Crippen MR) is 63.5 cm³/mol. The molecular formula is C11H18O4Si. The topological polar surface area (TPSA) is 55.8 Å². The van der Waals surface area contributed by atoms with E-state index in [4.69, 9.17) is 4.43 Å². The van der Waals surface area contributed by atoms with Crippen molar-refractivity contribution < 1.29 is 19.1 Å². The number of ether oxygens (including phenoxy) is 1. The maximum Gasteiger partial charge on any atom is 0.345 e. The highest BCUT2D eigenvalue weighted by Crippen LogP contribution is 2.25. The molecule has 0 bridgehead atoms. The van der Waals surface area contributed by atoms with E-state index in [0.29, 0.717) is 0 Å². The van der Waals surface area contributed by atoms with Gasteiger partial charge in [0.15, 0.2) is 8.32 Å². The Morgan fingerprint density at radius 1 is 1.38 bits per heavy atom. The molecular weight excluding hydrogens is 224 g/mol. The van der Waals surface area contributed by atoms with Gasteiger partial charge in [0.1, 0.15) is 6.10 Å². The summed E-state index contributed by atoms with van der Waals surface area (Å²) in [6.45, 7) is 5.99. The molecule has 0 heterocycles. The SMILES string of the molecule is COC(=O)[C@]1(O)C=CC=C[C@H]1O[Si](C)(C)C. The van der Waals surface area contributed by atoms with E-state index in [9.17, 15) is 9.90 Å². The maximum absolute atomic E-state index is 11.6. The number of esters is 1. The van der Waals surface area contributed by atoms with Gasteiger partial charge in [-0.2, -0.15) is 0 Å². The summed E-state index contributed by atoms with van der Waals surface area (Å²) < 4.78 is 10.4. The number of allylic oxidation sites excluding steroid dienone is 2. The number of rotatable bonds is 3. The molecule has 2 atom stereocenters. The summed E-state index contributed by atoms with van der Waals surface area (Å²) in [5, 5.41) is 10.2. The Bertz CT molecular complexity index is 329. The van der Waals surface area contributed by atoms with E-state index in [-0.39, 0.29) is 0 Å². The van der Waals surface area contributed by atoms with Gasteiger partial charge >= 0.3 is 5.97 Å². The van der Waals surface area contributed by atoms with Gasteiger partial charge in [-0.25, -0.2) is 4.79 Å². The third kappa shape index (κ3) is 2.81. The minimum Gasteiger partial charge on any atom is -0.467 e. The minimum atomic E-state index is -1.84. The molecule has 0 amide bonds. The molecule has 0 aromatic rings. The Morgan fingerprint density at radius 2 is 2.00 bits per heavy atom. The third-order valence-corrected chi connectivity index (χ3v) is 3.14. The fourth-order valence-corrected chi connectivity index (χ4v) is 2.49. The first-order valence-corrected chi connectivity index (χ1v) is 8.55. The van der Waals surface area contributed by atoms with Crippen LogP contribution in [0.3, 0.4) is 0 Å². The zero-order chi connectivity index (χ0) is 12.4. The lowest BCUT2D eigenvalue weighted by Crippen LogP contribution is -2.52. The second kappa shape index (κ2) is 4.53. The first-order valence-electron chi connectivity index (χ1n) is 5.14. The van der Waals surface area contributed by atoms with E-state index >= 15 is 0 Å². The van der Waals surface area contributed by atoms with Crippen LogP contribution in [-0.2, 0) is 14.0 Å². The lowest BCUT2D eigenvalue weighted by atomic mass is 9.92. The summed E-state index contributed by atoms with van der Waals surface area (Å²) in [5.74, 6) is -0.698. The van der Waals surface area contributed by atoms with E-state index in [2.05, 4.69) is 4.74 Å². The first-order chi connectivity index (χ1) is 7.29. The van der Waals surface area contributed by atoms with Gasteiger partial charge in [0.25, 0.3) is 0 Å². The molecule has 0 radical (unpaired) electrons. The average Bonchev–Trinajstić information content (AvgIpc) is 2.18. The van der Waals surface area contributed by atoms with E-state index in [1.807, 2.05) is 19.6 Å². The average molecular weight is 242 g/mol. The van der Waals surface area contributed by atoms with Crippen molar-refractivity contribution in [3.8, 4) is 0 Å². The summed E-state index contributed by atoms with van der Waals surface area (Å²) in [7, 11) is -0.597. The molecule has 0 saturated carbocycles. The van der Waals surface area contributed by atoms with E-state index in [1.54, 1.807) is 18.2 Å². The molecule has 1 aliphatic carbocycles. The summed E-state index contributed by atoms with van der Waals surface area (Å²) in [5.41, 5.74) is -1.70. The highest BCUT2D eigenvalue weighted by molar-refractivity contribution is 6.69. The molecule has 5 heteroatoms. The molecule has 1 N–H and O–H groups in total. The molecule has 0 unspecified atom stereocenters. The van der Waals surface area contributed by atoms with Crippen LogP contribution in [0, 0.1) is 0 Å². The van der Waals surface area contributed by atoms with Crippen molar-refractivity contribution in [2.24, 2.45) is 0 Å². The maximum atomic E-state index is 11.6. The van der Waals surface area contributed by atoms with Crippen LogP contribution in [0.1, 0.15) is 0 Å². The van der Waals surface area contributed by atoms with Gasteiger partial charge in [0.2, 0.25) is 5.60 Å². The van der Waals surface area contributed by atoms with Crippen molar-refractivity contribution >= 4 is 14.3 Å². The van der Waals surface area contributed by atoms with Gasteiger partial charge in [-0.3, -0.25) is 0 Å².